The fourth-order valence-corrected chi connectivity index (χ4v) is 2.15. The molecule has 1 rings (SSSR count). The highest BCUT2D eigenvalue weighted by molar-refractivity contribution is 7.99. The van der Waals surface area contributed by atoms with Crippen molar-refractivity contribution in [2.75, 3.05) is 19.0 Å². The molecule has 0 aromatic heterocycles. The van der Waals surface area contributed by atoms with Gasteiger partial charge in [0.15, 0.2) is 0 Å². The highest BCUT2D eigenvalue weighted by Crippen LogP contribution is 2.21. The van der Waals surface area contributed by atoms with Gasteiger partial charge in [-0.1, -0.05) is 12.1 Å². The van der Waals surface area contributed by atoms with E-state index in [0.29, 0.717) is 19.0 Å². The van der Waals surface area contributed by atoms with Crippen molar-refractivity contribution in [2.45, 2.75) is 31.0 Å². The number of aliphatic hydroxyl groups is 2. The van der Waals surface area contributed by atoms with Crippen molar-refractivity contribution in [3.05, 3.63) is 29.8 Å². The summed E-state index contributed by atoms with van der Waals surface area (Å²) >= 11 is 1.59. The summed E-state index contributed by atoms with van der Waals surface area (Å²) in [6.07, 6.45) is -0.867. The molecule has 0 fully saturated rings. The summed E-state index contributed by atoms with van der Waals surface area (Å²) in [6, 6.07) is 7.73. The van der Waals surface area contributed by atoms with E-state index in [1.807, 2.05) is 31.2 Å². The average Bonchev–Trinajstić information content (AvgIpc) is 2.34. The van der Waals surface area contributed by atoms with Gasteiger partial charge in [-0.05, 0) is 31.5 Å². The van der Waals surface area contributed by atoms with Crippen LogP contribution in [0.5, 0.6) is 0 Å². The SMILES string of the molecule is CCOCC(O)CSc1ccc(C(C)O)cc1. The van der Waals surface area contributed by atoms with E-state index in [9.17, 15) is 10.2 Å². The van der Waals surface area contributed by atoms with Crippen LogP contribution < -0.4 is 0 Å². The van der Waals surface area contributed by atoms with Crippen LogP contribution in [-0.2, 0) is 4.74 Å². The molecule has 3 nitrogen and oxygen atoms in total. The number of rotatable bonds is 7. The fraction of sp³-hybridized carbons (Fsp3) is 0.538. The second-order valence-corrected chi connectivity index (χ2v) is 4.96. The van der Waals surface area contributed by atoms with E-state index in [1.54, 1.807) is 18.7 Å². The summed E-state index contributed by atoms with van der Waals surface area (Å²) in [7, 11) is 0. The first-order valence-electron chi connectivity index (χ1n) is 5.80. The van der Waals surface area contributed by atoms with Crippen LogP contribution >= 0.6 is 11.8 Å². The van der Waals surface area contributed by atoms with Crippen LogP contribution in [-0.4, -0.2) is 35.3 Å². The molecule has 0 bridgehead atoms. The maximum Gasteiger partial charge on any atom is 0.0867 e. The zero-order chi connectivity index (χ0) is 12.7. The zero-order valence-electron chi connectivity index (χ0n) is 10.3. The molecular weight excluding hydrogens is 236 g/mol. The summed E-state index contributed by atoms with van der Waals surface area (Å²) < 4.78 is 5.14. The molecule has 0 spiro atoms. The molecule has 0 aliphatic carbocycles. The van der Waals surface area contributed by atoms with Crippen LogP contribution in [0, 0.1) is 0 Å². The molecule has 0 saturated heterocycles. The minimum atomic E-state index is -0.434. The van der Waals surface area contributed by atoms with Gasteiger partial charge >= 0.3 is 0 Å². The lowest BCUT2D eigenvalue weighted by Gasteiger charge is -2.10. The second-order valence-electron chi connectivity index (χ2n) is 3.87. The van der Waals surface area contributed by atoms with Crippen molar-refractivity contribution in [3.63, 3.8) is 0 Å². The van der Waals surface area contributed by atoms with E-state index in [4.69, 9.17) is 4.74 Å². The third kappa shape index (κ3) is 5.55. The summed E-state index contributed by atoms with van der Waals surface area (Å²) in [5, 5.41) is 19.0. The van der Waals surface area contributed by atoms with Gasteiger partial charge in [-0.15, -0.1) is 11.8 Å². The Hall–Kier alpha value is -0.550. The third-order valence-electron chi connectivity index (χ3n) is 2.32. The van der Waals surface area contributed by atoms with Crippen LogP contribution in [0.15, 0.2) is 29.2 Å². The smallest absolute Gasteiger partial charge is 0.0867 e. The molecule has 1 aromatic rings. The van der Waals surface area contributed by atoms with Gasteiger partial charge in [0.2, 0.25) is 0 Å². The molecule has 4 heteroatoms. The number of hydrogen-bond acceptors (Lipinski definition) is 4. The normalized spacial score (nSPS) is 14.6. The third-order valence-corrected chi connectivity index (χ3v) is 3.48. The summed E-state index contributed by atoms with van der Waals surface area (Å²) in [5.74, 6) is 0.619. The molecule has 2 unspecified atom stereocenters. The lowest BCUT2D eigenvalue weighted by Crippen LogP contribution is -2.17. The molecule has 0 heterocycles. The quantitative estimate of drug-likeness (QED) is 0.735. The van der Waals surface area contributed by atoms with Gasteiger partial charge in [-0.3, -0.25) is 0 Å². The molecule has 0 aliphatic rings. The highest BCUT2D eigenvalue weighted by Gasteiger charge is 2.05. The maximum atomic E-state index is 9.60. The number of aliphatic hydroxyl groups excluding tert-OH is 2. The molecule has 2 N–H and O–H groups in total. The Kier molecular flexibility index (Phi) is 6.58. The number of ether oxygens (including phenoxy) is 1. The second kappa shape index (κ2) is 7.71. The first-order valence-corrected chi connectivity index (χ1v) is 6.78. The van der Waals surface area contributed by atoms with Crippen LogP contribution in [0.4, 0.5) is 0 Å². The van der Waals surface area contributed by atoms with E-state index in [-0.39, 0.29) is 0 Å². The fourth-order valence-electron chi connectivity index (χ4n) is 1.34. The Bertz CT molecular complexity index is 311. The summed E-state index contributed by atoms with van der Waals surface area (Å²) in [5.41, 5.74) is 0.907. The van der Waals surface area contributed by atoms with Crippen molar-refractivity contribution >= 4 is 11.8 Å². The monoisotopic (exact) mass is 256 g/mol. The van der Waals surface area contributed by atoms with Gasteiger partial charge in [-0.2, -0.15) is 0 Å². The standard InChI is InChI=1S/C13H20O3S/c1-3-16-8-12(15)9-17-13-6-4-11(5-7-13)10(2)14/h4-7,10,12,14-15H,3,8-9H2,1-2H3. The first-order chi connectivity index (χ1) is 8.13. The van der Waals surface area contributed by atoms with Crippen molar-refractivity contribution in [1.82, 2.24) is 0 Å². The summed E-state index contributed by atoms with van der Waals surface area (Å²) in [4.78, 5) is 1.09. The van der Waals surface area contributed by atoms with Crippen LogP contribution in [0.3, 0.4) is 0 Å². The first kappa shape index (κ1) is 14.5. The topological polar surface area (TPSA) is 49.7 Å². The van der Waals surface area contributed by atoms with E-state index < -0.39 is 12.2 Å². The van der Waals surface area contributed by atoms with Gasteiger partial charge in [0, 0.05) is 17.3 Å². The predicted molar refractivity (Wildman–Crippen MR) is 70.3 cm³/mol. The van der Waals surface area contributed by atoms with Gasteiger partial charge in [0.1, 0.15) is 0 Å². The Morgan fingerprint density at radius 1 is 1.24 bits per heavy atom. The van der Waals surface area contributed by atoms with Crippen molar-refractivity contribution in [2.24, 2.45) is 0 Å². The minimum absolute atomic E-state index is 0.384. The number of benzene rings is 1. The molecule has 17 heavy (non-hydrogen) atoms. The lowest BCUT2D eigenvalue weighted by atomic mass is 10.1. The molecule has 0 amide bonds. The Labute approximate surface area is 107 Å². The predicted octanol–water partition coefficient (Wildman–Crippen LogP) is 2.23. The number of thioether (sulfide) groups is 1. The van der Waals surface area contributed by atoms with Gasteiger partial charge in [-0.25, -0.2) is 0 Å². The average molecular weight is 256 g/mol. The van der Waals surface area contributed by atoms with E-state index >= 15 is 0 Å². The maximum absolute atomic E-state index is 9.60. The van der Waals surface area contributed by atoms with Crippen LogP contribution in [0.1, 0.15) is 25.5 Å². The number of hydrogen-bond donors (Lipinski definition) is 2. The largest absolute Gasteiger partial charge is 0.390 e. The molecule has 0 aliphatic heterocycles. The molecule has 0 saturated carbocycles. The Balaban J connectivity index is 2.36. The van der Waals surface area contributed by atoms with E-state index in [2.05, 4.69) is 0 Å². The molecular formula is C13H20O3S. The highest BCUT2D eigenvalue weighted by atomic mass is 32.2. The Morgan fingerprint density at radius 3 is 2.41 bits per heavy atom. The Morgan fingerprint density at radius 2 is 1.88 bits per heavy atom. The van der Waals surface area contributed by atoms with Gasteiger partial charge in [0.05, 0.1) is 18.8 Å². The van der Waals surface area contributed by atoms with Crippen molar-refractivity contribution < 1.29 is 14.9 Å². The zero-order valence-corrected chi connectivity index (χ0v) is 11.1. The molecule has 0 radical (unpaired) electrons. The van der Waals surface area contributed by atoms with E-state index in [1.165, 1.54) is 0 Å². The molecule has 2 atom stereocenters. The minimum Gasteiger partial charge on any atom is -0.390 e. The van der Waals surface area contributed by atoms with Crippen molar-refractivity contribution in [1.29, 1.82) is 0 Å². The van der Waals surface area contributed by atoms with E-state index in [0.717, 1.165) is 10.5 Å². The van der Waals surface area contributed by atoms with Gasteiger partial charge in [0.25, 0.3) is 0 Å². The molecule has 1 aromatic carbocycles. The lowest BCUT2D eigenvalue weighted by molar-refractivity contribution is 0.0551. The van der Waals surface area contributed by atoms with Crippen LogP contribution in [0.2, 0.25) is 0 Å². The van der Waals surface area contributed by atoms with Crippen molar-refractivity contribution in [3.8, 4) is 0 Å². The molecule has 96 valence electrons. The van der Waals surface area contributed by atoms with Crippen LogP contribution in [0.25, 0.3) is 0 Å². The van der Waals surface area contributed by atoms with Gasteiger partial charge < -0.3 is 14.9 Å². The summed E-state index contributed by atoms with van der Waals surface area (Å²) in [6.45, 7) is 4.67.